The van der Waals surface area contributed by atoms with Crippen LogP contribution in [0.4, 0.5) is 0 Å². The molecule has 134 valence electrons. The molecule has 0 bridgehead atoms. The predicted octanol–water partition coefficient (Wildman–Crippen LogP) is 2.56. The van der Waals surface area contributed by atoms with E-state index in [1.807, 2.05) is 30.3 Å². The molecular formula is C20H24O5. The second-order valence-electron chi connectivity index (χ2n) is 5.74. The van der Waals surface area contributed by atoms with Crippen LogP contribution in [0.2, 0.25) is 0 Å². The number of hydrogen-bond donors (Lipinski definition) is 2. The number of esters is 1. The lowest BCUT2D eigenvalue weighted by atomic mass is 10.1. The maximum Gasteiger partial charge on any atom is 0.338 e. The predicted molar refractivity (Wildman–Crippen MR) is 94.1 cm³/mol. The maximum absolute atomic E-state index is 12.1. The van der Waals surface area contributed by atoms with E-state index < -0.39 is 24.8 Å². The molecule has 2 N–H and O–H groups in total. The van der Waals surface area contributed by atoms with Crippen molar-refractivity contribution >= 4 is 5.97 Å². The van der Waals surface area contributed by atoms with Gasteiger partial charge in [0.1, 0.15) is 12.2 Å². The molecule has 0 saturated carbocycles. The standard InChI is InChI=1S/C20H24O5/c21-14-18(22)19(25-20(23)17-10-5-2-6-11-17)12-7-13-24-15-16-8-3-1-4-9-16/h1-6,8-11,18-19,21-22H,7,12-15H2/t18-,19+/m1/s1. The summed E-state index contributed by atoms with van der Waals surface area (Å²) in [5, 5.41) is 19.0. The number of ether oxygens (including phenoxy) is 2. The van der Waals surface area contributed by atoms with E-state index >= 15 is 0 Å². The minimum absolute atomic E-state index is 0.412. The highest BCUT2D eigenvalue weighted by atomic mass is 16.6. The van der Waals surface area contributed by atoms with E-state index in [0.717, 1.165) is 5.56 Å². The van der Waals surface area contributed by atoms with Gasteiger partial charge in [0, 0.05) is 6.61 Å². The third kappa shape index (κ3) is 6.66. The van der Waals surface area contributed by atoms with Crippen molar-refractivity contribution in [3.63, 3.8) is 0 Å². The number of rotatable bonds is 10. The molecule has 5 nitrogen and oxygen atoms in total. The zero-order valence-electron chi connectivity index (χ0n) is 14.1. The van der Waals surface area contributed by atoms with Gasteiger partial charge in [0.25, 0.3) is 0 Å². The molecule has 2 rings (SSSR count). The van der Waals surface area contributed by atoms with Crippen molar-refractivity contribution in [1.82, 2.24) is 0 Å². The summed E-state index contributed by atoms with van der Waals surface area (Å²) < 4.78 is 10.9. The Morgan fingerprint density at radius 2 is 1.64 bits per heavy atom. The third-order valence-corrected chi connectivity index (χ3v) is 3.77. The van der Waals surface area contributed by atoms with Gasteiger partial charge in [0.2, 0.25) is 0 Å². The summed E-state index contributed by atoms with van der Waals surface area (Å²) in [5.74, 6) is -0.511. The van der Waals surface area contributed by atoms with Gasteiger partial charge in [0.15, 0.2) is 0 Å². The summed E-state index contributed by atoms with van der Waals surface area (Å²) in [6.45, 7) is 0.530. The Morgan fingerprint density at radius 1 is 1.00 bits per heavy atom. The summed E-state index contributed by atoms with van der Waals surface area (Å²) in [4.78, 5) is 12.1. The molecule has 5 heteroatoms. The Bertz CT molecular complexity index is 614. The van der Waals surface area contributed by atoms with Crippen molar-refractivity contribution in [2.24, 2.45) is 0 Å². The average Bonchev–Trinajstić information content (AvgIpc) is 2.67. The van der Waals surface area contributed by atoms with E-state index in [2.05, 4.69) is 0 Å². The van der Waals surface area contributed by atoms with Crippen molar-refractivity contribution in [3.05, 3.63) is 71.8 Å². The molecular weight excluding hydrogens is 320 g/mol. The second kappa shape index (κ2) is 10.6. The zero-order valence-corrected chi connectivity index (χ0v) is 14.1. The first-order valence-corrected chi connectivity index (χ1v) is 8.37. The van der Waals surface area contributed by atoms with Crippen LogP contribution in [0.25, 0.3) is 0 Å². The van der Waals surface area contributed by atoms with E-state index in [-0.39, 0.29) is 0 Å². The molecule has 0 radical (unpaired) electrons. The van der Waals surface area contributed by atoms with Gasteiger partial charge in [-0.3, -0.25) is 0 Å². The quantitative estimate of drug-likeness (QED) is 0.512. The highest BCUT2D eigenvalue weighted by Gasteiger charge is 2.23. The van der Waals surface area contributed by atoms with Crippen molar-refractivity contribution in [1.29, 1.82) is 0 Å². The lowest BCUT2D eigenvalue weighted by Crippen LogP contribution is -2.34. The molecule has 0 saturated heterocycles. The Labute approximate surface area is 147 Å². The second-order valence-corrected chi connectivity index (χ2v) is 5.74. The Kier molecular flexibility index (Phi) is 8.12. The Balaban J connectivity index is 1.77. The first-order chi connectivity index (χ1) is 12.2. The number of carbonyl (C=O) groups excluding carboxylic acids is 1. The molecule has 2 aromatic carbocycles. The molecule has 0 spiro atoms. The molecule has 0 aliphatic carbocycles. The monoisotopic (exact) mass is 344 g/mol. The van der Waals surface area contributed by atoms with Gasteiger partial charge in [-0.15, -0.1) is 0 Å². The van der Waals surface area contributed by atoms with Gasteiger partial charge in [0.05, 0.1) is 18.8 Å². The van der Waals surface area contributed by atoms with Crippen LogP contribution >= 0.6 is 0 Å². The highest BCUT2D eigenvalue weighted by molar-refractivity contribution is 5.89. The van der Waals surface area contributed by atoms with Crippen LogP contribution in [0.5, 0.6) is 0 Å². The van der Waals surface area contributed by atoms with E-state index in [4.69, 9.17) is 14.6 Å². The van der Waals surface area contributed by atoms with Gasteiger partial charge >= 0.3 is 5.97 Å². The molecule has 0 fully saturated rings. The Morgan fingerprint density at radius 3 is 2.28 bits per heavy atom. The third-order valence-electron chi connectivity index (χ3n) is 3.77. The molecule has 25 heavy (non-hydrogen) atoms. The summed E-state index contributed by atoms with van der Waals surface area (Å²) in [7, 11) is 0. The van der Waals surface area contributed by atoms with Crippen molar-refractivity contribution < 1.29 is 24.5 Å². The van der Waals surface area contributed by atoms with Crippen LogP contribution in [0, 0.1) is 0 Å². The van der Waals surface area contributed by atoms with Crippen molar-refractivity contribution in [2.75, 3.05) is 13.2 Å². The minimum atomic E-state index is -1.11. The molecule has 0 aliphatic heterocycles. The van der Waals surface area contributed by atoms with E-state index in [1.54, 1.807) is 30.3 Å². The Hall–Kier alpha value is -2.21. The lowest BCUT2D eigenvalue weighted by molar-refractivity contribution is -0.0430. The number of aliphatic hydroxyl groups is 2. The molecule has 2 aromatic rings. The zero-order chi connectivity index (χ0) is 17.9. The van der Waals surface area contributed by atoms with E-state index in [1.165, 1.54) is 0 Å². The summed E-state index contributed by atoms with van der Waals surface area (Å²) in [6.07, 6.45) is -0.856. The largest absolute Gasteiger partial charge is 0.456 e. The first kappa shape index (κ1) is 19.1. The minimum Gasteiger partial charge on any atom is -0.456 e. The molecule has 0 heterocycles. The smallest absolute Gasteiger partial charge is 0.338 e. The van der Waals surface area contributed by atoms with Crippen LogP contribution < -0.4 is 0 Å². The van der Waals surface area contributed by atoms with Crippen LogP contribution in [-0.2, 0) is 16.1 Å². The van der Waals surface area contributed by atoms with Crippen LogP contribution in [-0.4, -0.2) is 41.6 Å². The van der Waals surface area contributed by atoms with Crippen LogP contribution in [0.3, 0.4) is 0 Å². The molecule has 0 unspecified atom stereocenters. The van der Waals surface area contributed by atoms with Gasteiger partial charge in [-0.1, -0.05) is 48.5 Å². The lowest BCUT2D eigenvalue weighted by Gasteiger charge is -2.22. The van der Waals surface area contributed by atoms with E-state index in [0.29, 0.717) is 31.6 Å². The van der Waals surface area contributed by atoms with Gasteiger partial charge in [-0.2, -0.15) is 0 Å². The average molecular weight is 344 g/mol. The molecule has 0 amide bonds. The van der Waals surface area contributed by atoms with Crippen molar-refractivity contribution in [3.8, 4) is 0 Å². The fourth-order valence-electron chi connectivity index (χ4n) is 2.38. The molecule has 2 atom stereocenters. The van der Waals surface area contributed by atoms with Crippen molar-refractivity contribution in [2.45, 2.75) is 31.7 Å². The van der Waals surface area contributed by atoms with Gasteiger partial charge in [-0.25, -0.2) is 4.79 Å². The van der Waals surface area contributed by atoms with E-state index in [9.17, 15) is 9.90 Å². The SMILES string of the molecule is O=C(O[C@@H](CCCOCc1ccccc1)[C@H](O)CO)c1ccccc1. The van der Waals surface area contributed by atoms with Gasteiger partial charge < -0.3 is 19.7 Å². The topological polar surface area (TPSA) is 76.0 Å². The van der Waals surface area contributed by atoms with Crippen LogP contribution in [0.15, 0.2) is 60.7 Å². The summed E-state index contributed by atoms with van der Waals surface area (Å²) in [6, 6.07) is 18.4. The number of benzene rings is 2. The maximum atomic E-state index is 12.1. The summed E-state index contributed by atoms with van der Waals surface area (Å²) >= 11 is 0. The van der Waals surface area contributed by atoms with Gasteiger partial charge in [-0.05, 0) is 30.5 Å². The summed E-state index contributed by atoms with van der Waals surface area (Å²) in [5.41, 5.74) is 1.50. The highest BCUT2D eigenvalue weighted by Crippen LogP contribution is 2.12. The first-order valence-electron chi connectivity index (χ1n) is 8.37. The molecule has 0 aliphatic rings. The number of carbonyl (C=O) groups is 1. The fraction of sp³-hybridized carbons (Fsp3) is 0.350. The number of hydrogen-bond acceptors (Lipinski definition) is 5. The number of aliphatic hydroxyl groups excluding tert-OH is 2. The molecule has 0 aromatic heterocycles. The van der Waals surface area contributed by atoms with Crippen LogP contribution in [0.1, 0.15) is 28.8 Å². The fourth-order valence-corrected chi connectivity index (χ4v) is 2.38. The normalized spacial score (nSPS) is 13.2.